The van der Waals surface area contributed by atoms with Crippen molar-refractivity contribution >= 4 is 5.52 Å². The molecule has 0 amide bonds. The van der Waals surface area contributed by atoms with Gasteiger partial charge in [-0.05, 0) is 31.5 Å². The molecule has 15 heavy (non-hydrogen) atoms. The van der Waals surface area contributed by atoms with E-state index in [1.807, 2.05) is 0 Å². The number of hydrogen-bond acceptors (Lipinski definition) is 2. The first kappa shape index (κ1) is 9.95. The molecule has 80 valence electrons. The van der Waals surface area contributed by atoms with E-state index in [1.165, 1.54) is 0 Å². The molecule has 0 aromatic carbocycles. The predicted molar refractivity (Wildman–Crippen MR) is 47.5 cm³/mol. The Morgan fingerprint density at radius 2 is 1.87 bits per heavy atom. The van der Waals surface area contributed by atoms with Crippen molar-refractivity contribution in [1.29, 1.82) is 0 Å². The fourth-order valence-corrected chi connectivity index (χ4v) is 1.44. The lowest BCUT2D eigenvalue weighted by Crippen LogP contribution is -2.12. The summed E-state index contributed by atoms with van der Waals surface area (Å²) in [5, 5.41) is 7.10. The minimum atomic E-state index is -4.41. The molecule has 0 aliphatic rings. The van der Waals surface area contributed by atoms with Crippen molar-refractivity contribution in [1.82, 2.24) is 14.8 Å². The van der Waals surface area contributed by atoms with Gasteiger partial charge >= 0.3 is 6.18 Å². The van der Waals surface area contributed by atoms with Crippen LogP contribution in [-0.2, 0) is 6.18 Å². The normalized spacial score (nSPS) is 12.3. The predicted octanol–water partition coefficient (Wildman–Crippen LogP) is 2.36. The minimum Gasteiger partial charge on any atom is -0.208 e. The largest absolute Gasteiger partial charge is 0.433 e. The zero-order valence-electron chi connectivity index (χ0n) is 8.13. The van der Waals surface area contributed by atoms with Gasteiger partial charge in [-0.25, -0.2) is 4.52 Å². The monoisotopic (exact) mass is 215 g/mol. The number of nitrogens with zero attached hydrogens (tertiary/aromatic N) is 3. The van der Waals surface area contributed by atoms with Gasteiger partial charge in [-0.15, -0.1) is 5.10 Å². The molecule has 0 spiro atoms. The van der Waals surface area contributed by atoms with Gasteiger partial charge in [0, 0.05) is 0 Å². The summed E-state index contributed by atoms with van der Waals surface area (Å²) in [6.45, 7) is 3.24. The Balaban J connectivity index is 2.84. The molecule has 2 aromatic rings. The molecule has 0 saturated carbocycles. The first-order valence-corrected chi connectivity index (χ1v) is 4.29. The van der Waals surface area contributed by atoms with Gasteiger partial charge in [0.1, 0.15) is 5.69 Å². The average Bonchev–Trinajstić information content (AvgIpc) is 2.45. The van der Waals surface area contributed by atoms with Gasteiger partial charge < -0.3 is 0 Å². The summed E-state index contributed by atoms with van der Waals surface area (Å²) in [6, 6.07) is 2.69. The number of alkyl halides is 3. The molecule has 6 heteroatoms. The van der Waals surface area contributed by atoms with E-state index in [9.17, 15) is 13.2 Å². The van der Waals surface area contributed by atoms with Crippen molar-refractivity contribution in [2.45, 2.75) is 20.0 Å². The Hall–Kier alpha value is -1.59. The summed E-state index contributed by atoms with van der Waals surface area (Å²) in [4.78, 5) is 0. The van der Waals surface area contributed by atoms with E-state index in [4.69, 9.17) is 0 Å². The first-order chi connectivity index (χ1) is 6.89. The zero-order chi connectivity index (χ0) is 11.2. The molecule has 2 heterocycles. The summed E-state index contributed by atoms with van der Waals surface area (Å²) in [7, 11) is 0. The van der Waals surface area contributed by atoms with Crippen LogP contribution in [0.4, 0.5) is 13.2 Å². The second-order valence-electron chi connectivity index (χ2n) is 3.39. The number of aryl methyl sites for hydroxylation is 2. The molecular formula is C9H8F3N3. The van der Waals surface area contributed by atoms with Crippen molar-refractivity contribution in [3.8, 4) is 0 Å². The Morgan fingerprint density at radius 3 is 2.47 bits per heavy atom. The van der Waals surface area contributed by atoms with Crippen molar-refractivity contribution in [3.63, 3.8) is 0 Å². The SMILES string of the molecule is Cc1cc(C(F)(F)F)n2nnc(C)c2c1. The standard InChI is InChI=1S/C9H8F3N3/c1-5-3-7-6(2)13-14-15(7)8(4-5)9(10,11)12/h3-4H,1-2H3. The molecule has 0 fully saturated rings. The smallest absolute Gasteiger partial charge is 0.208 e. The maximum Gasteiger partial charge on any atom is 0.433 e. The highest BCUT2D eigenvalue weighted by Gasteiger charge is 2.34. The van der Waals surface area contributed by atoms with Gasteiger partial charge in [-0.1, -0.05) is 5.21 Å². The van der Waals surface area contributed by atoms with Crippen LogP contribution < -0.4 is 0 Å². The van der Waals surface area contributed by atoms with Crippen LogP contribution in [-0.4, -0.2) is 14.8 Å². The van der Waals surface area contributed by atoms with Crippen LogP contribution >= 0.6 is 0 Å². The van der Waals surface area contributed by atoms with Crippen LogP contribution in [0.3, 0.4) is 0 Å². The van der Waals surface area contributed by atoms with Gasteiger partial charge in [-0.3, -0.25) is 0 Å². The molecule has 0 saturated heterocycles. The highest BCUT2D eigenvalue weighted by Crippen LogP contribution is 2.30. The van der Waals surface area contributed by atoms with Gasteiger partial charge in [0.05, 0.1) is 11.2 Å². The van der Waals surface area contributed by atoms with E-state index in [0.717, 1.165) is 10.6 Å². The van der Waals surface area contributed by atoms with Gasteiger partial charge in [0.25, 0.3) is 0 Å². The number of hydrogen-bond donors (Lipinski definition) is 0. The highest BCUT2D eigenvalue weighted by atomic mass is 19.4. The van der Waals surface area contributed by atoms with Crippen molar-refractivity contribution in [3.05, 3.63) is 29.1 Å². The molecule has 0 atom stereocenters. The molecule has 0 bridgehead atoms. The summed E-state index contributed by atoms with van der Waals surface area (Å²) in [6.07, 6.45) is -4.41. The Morgan fingerprint density at radius 1 is 1.20 bits per heavy atom. The van der Waals surface area contributed by atoms with E-state index in [1.54, 1.807) is 19.9 Å². The van der Waals surface area contributed by atoms with Crippen LogP contribution in [0.2, 0.25) is 0 Å². The van der Waals surface area contributed by atoms with Crippen molar-refractivity contribution in [2.24, 2.45) is 0 Å². The minimum absolute atomic E-state index is 0.391. The fraction of sp³-hybridized carbons (Fsp3) is 0.333. The van der Waals surface area contributed by atoms with E-state index in [-0.39, 0.29) is 0 Å². The second-order valence-corrected chi connectivity index (χ2v) is 3.39. The van der Waals surface area contributed by atoms with E-state index >= 15 is 0 Å². The molecule has 2 aromatic heterocycles. The zero-order valence-corrected chi connectivity index (χ0v) is 8.13. The third kappa shape index (κ3) is 1.55. The first-order valence-electron chi connectivity index (χ1n) is 4.29. The summed E-state index contributed by atoms with van der Waals surface area (Å²) < 4.78 is 38.7. The summed E-state index contributed by atoms with van der Waals surface area (Å²) >= 11 is 0. The Bertz CT molecular complexity index is 513. The molecule has 0 unspecified atom stereocenters. The number of pyridine rings is 1. The topological polar surface area (TPSA) is 30.2 Å². The molecule has 2 rings (SSSR count). The van der Waals surface area contributed by atoms with Crippen LogP contribution in [0.5, 0.6) is 0 Å². The number of aromatic nitrogens is 3. The molecule has 0 aliphatic carbocycles. The third-order valence-electron chi connectivity index (χ3n) is 2.13. The summed E-state index contributed by atoms with van der Waals surface area (Å²) in [5.74, 6) is 0. The van der Waals surface area contributed by atoms with Crippen LogP contribution in [0, 0.1) is 13.8 Å². The second kappa shape index (κ2) is 2.95. The van der Waals surface area contributed by atoms with Gasteiger partial charge in [0.2, 0.25) is 0 Å². The molecule has 0 N–H and O–H groups in total. The summed E-state index contributed by atoms with van der Waals surface area (Å²) in [5.41, 5.74) is 0.629. The van der Waals surface area contributed by atoms with E-state index in [0.29, 0.717) is 16.8 Å². The Labute approximate surface area is 83.5 Å². The Kier molecular flexibility index (Phi) is 1.95. The maximum atomic E-state index is 12.6. The maximum absolute atomic E-state index is 12.6. The lowest BCUT2D eigenvalue weighted by molar-refractivity contribution is -0.142. The quantitative estimate of drug-likeness (QED) is 0.675. The number of fused-ring (bicyclic) bond motifs is 1. The van der Waals surface area contributed by atoms with Crippen LogP contribution in [0.1, 0.15) is 17.0 Å². The number of rotatable bonds is 0. The van der Waals surface area contributed by atoms with E-state index < -0.39 is 11.9 Å². The van der Waals surface area contributed by atoms with Gasteiger partial charge in [-0.2, -0.15) is 13.2 Å². The lowest BCUT2D eigenvalue weighted by Gasteiger charge is -2.09. The highest BCUT2D eigenvalue weighted by molar-refractivity contribution is 5.53. The van der Waals surface area contributed by atoms with Crippen molar-refractivity contribution in [2.75, 3.05) is 0 Å². The molecule has 0 radical (unpaired) electrons. The third-order valence-corrected chi connectivity index (χ3v) is 2.13. The molecule has 3 nitrogen and oxygen atoms in total. The average molecular weight is 215 g/mol. The fourth-order valence-electron chi connectivity index (χ4n) is 1.44. The van der Waals surface area contributed by atoms with Gasteiger partial charge in [0.15, 0.2) is 0 Å². The van der Waals surface area contributed by atoms with Crippen molar-refractivity contribution < 1.29 is 13.2 Å². The number of halogens is 3. The van der Waals surface area contributed by atoms with E-state index in [2.05, 4.69) is 10.3 Å². The van der Waals surface area contributed by atoms with Crippen LogP contribution in [0.15, 0.2) is 12.1 Å². The lowest BCUT2D eigenvalue weighted by atomic mass is 10.2. The van der Waals surface area contributed by atoms with Crippen LogP contribution in [0.25, 0.3) is 5.52 Å². The molecular weight excluding hydrogens is 207 g/mol. The molecule has 0 aliphatic heterocycles.